The number of benzene rings is 1. The largest absolute Gasteiger partial charge is 0.396 e. The third-order valence-electron chi connectivity index (χ3n) is 4.55. The first-order valence-corrected chi connectivity index (χ1v) is 8.43. The molecule has 3 heterocycles. The highest BCUT2D eigenvalue weighted by Gasteiger charge is 2.13. The first-order valence-electron chi connectivity index (χ1n) is 8.43. The summed E-state index contributed by atoms with van der Waals surface area (Å²) in [5.41, 5.74) is 6.24. The highest BCUT2D eigenvalue weighted by atomic mass is 16.3. The van der Waals surface area contributed by atoms with Crippen molar-refractivity contribution in [2.24, 2.45) is 4.99 Å². The van der Waals surface area contributed by atoms with Gasteiger partial charge in [0.15, 0.2) is 0 Å². The number of hydrogen-bond donors (Lipinski definition) is 1. The molecule has 1 aromatic carbocycles. The number of aromatic nitrogens is 2. The maximum absolute atomic E-state index is 9.79. The van der Waals surface area contributed by atoms with Crippen LogP contribution in [-0.2, 0) is 13.0 Å². The molecule has 4 nitrogen and oxygen atoms in total. The molecule has 0 spiro atoms. The van der Waals surface area contributed by atoms with Crippen LogP contribution in [0.25, 0.3) is 11.3 Å². The molecule has 0 amide bonds. The molecule has 1 N–H and O–H groups in total. The minimum atomic E-state index is 0.0679. The fourth-order valence-electron chi connectivity index (χ4n) is 3.18. The number of aliphatic imine (C=N–C) groups is 1. The van der Waals surface area contributed by atoms with Gasteiger partial charge in [-0.3, -0.25) is 9.98 Å². The molecular weight excluding hydrogens is 310 g/mol. The van der Waals surface area contributed by atoms with Crippen LogP contribution in [0.2, 0.25) is 0 Å². The molecule has 0 radical (unpaired) electrons. The zero-order valence-electron chi connectivity index (χ0n) is 13.8. The van der Waals surface area contributed by atoms with E-state index in [0.717, 1.165) is 46.6 Å². The zero-order chi connectivity index (χ0) is 17.1. The van der Waals surface area contributed by atoms with E-state index in [1.54, 1.807) is 0 Å². The lowest BCUT2D eigenvalue weighted by Crippen LogP contribution is -2.08. The van der Waals surface area contributed by atoms with Crippen LogP contribution in [0.5, 0.6) is 0 Å². The van der Waals surface area contributed by atoms with Crippen molar-refractivity contribution in [3.05, 3.63) is 83.3 Å². The lowest BCUT2D eigenvalue weighted by Gasteiger charge is -2.15. The van der Waals surface area contributed by atoms with E-state index in [9.17, 15) is 5.11 Å². The number of rotatable bonds is 5. The molecule has 25 heavy (non-hydrogen) atoms. The van der Waals surface area contributed by atoms with E-state index in [1.807, 2.05) is 42.9 Å². The molecule has 4 heteroatoms. The Morgan fingerprint density at radius 2 is 1.92 bits per heavy atom. The molecule has 0 fully saturated rings. The lowest BCUT2D eigenvalue weighted by atomic mass is 9.93. The lowest BCUT2D eigenvalue weighted by molar-refractivity contribution is 0.264. The van der Waals surface area contributed by atoms with Crippen molar-refractivity contribution in [1.29, 1.82) is 0 Å². The fraction of sp³-hybridized carbons (Fsp3) is 0.190. The second-order valence-electron chi connectivity index (χ2n) is 6.29. The first-order chi connectivity index (χ1) is 12.3. The predicted octanol–water partition coefficient (Wildman–Crippen LogP) is 3.39. The Morgan fingerprint density at radius 1 is 1.04 bits per heavy atom. The third-order valence-corrected chi connectivity index (χ3v) is 4.55. The number of nitrogens with zero attached hydrogens (tertiary/aromatic N) is 3. The Kier molecular flexibility index (Phi) is 4.36. The molecule has 0 unspecified atom stereocenters. The van der Waals surface area contributed by atoms with Crippen LogP contribution in [0.3, 0.4) is 0 Å². The van der Waals surface area contributed by atoms with Gasteiger partial charge in [0.05, 0.1) is 24.5 Å². The topological polar surface area (TPSA) is 58.4 Å². The summed E-state index contributed by atoms with van der Waals surface area (Å²) in [6, 6.07) is 16.3. The van der Waals surface area contributed by atoms with Crippen molar-refractivity contribution in [2.45, 2.75) is 18.9 Å². The SMILES string of the molecule is OC[C@H](Cc1cncc(-c2ccc3c(n2)C=NC3)c1)c1ccccc1. The Hall–Kier alpha value is -2.85. The smallest absolute Gasteiger partial charge is 0.0866 e. The average molecular weight is 329 g/mol. The number of aliphatic hydroxyl groups excluding tert-OH is 1. The normalized spacial score (nSPS) is 13.6. The predicted molar refractivity (Wildman–Crippen MR) is 98.7 cm³/mol. The monoisotopic (exact) mass is 329 g/mol. The molecule has 1 aliphatic rings. The van der Waals surface area contributed by atoms with Gasteiger partial charge < -0.3 is 5.11 Å². The number of hydrogen-bond acceptors (Lipinski definition) is 4. The second kappa shape index (κ2) is 6.95. The minimum Gasteiger partial charge on any atom is -0.396 e. The molecule has 2 aromatic heterocycles. The number of fused-ring (bicyclic) bond motifs is 1. The summed E-state index contributed by atoms with van der Waals surface area (Å²) in [6.45, 7) is 0.831. The van der Waals surface area contributed by atoms with Gasteiger partial charge in [0.1, 0.15) is 0 Å². The molecule has 0 saturated carbocycles. The number of aliphatic hydroxyl groups is 1. The van der Waals surface area contributed by atoms with Gasteiger partial charge in [-0.1, -0.05) is 36.4 Å². The average Bonchev–Trinajstić information content (AvgIpc) is 3.15. The third kappa shape index (κ3) is 3.35. The van der Waals surface area contributed by atoms with Gasteiger partial charge in [0.2, 0.25) is 0 Å². The molecule has 124 valence electrons. The quantitative estimate of drug-likeness (QED) is 0.780. The van der Waals surface area contributed by atoms with Crippen molar-refractivity contribution in [2.75, 3.05) is 6.61 Å². The molecule has 0 saturated heterocycles. The van der Waals surface area contributed by atoms with Gasteiger partial charge in [-0.2, -0.15) is 0 Å². The van der Waals surface area contributed by atoms with Crippen LogP contribution in [0.1, 0.15) is 28.3 Å². The van der Waals surface area contributed by atoms with E-state index < -0.39 is 0 Å². The molecule has 1 atom stereocenters. The van der Waals surface area contributed by atoms with E-state index in [2.05, 4.69) is 39.2 Å². The molecule has 4 rings (SSSR count). The van der Waals surface area contributed by atoms with Crippen LogP contribution >= 0.6 is 0 Å². The highest BCUT2D eigenvalue weighted by Crippen LogP contribution is 2.24. The highest BCUT2D eigenvalue weighted by molar-refractivity contribution is 5.83. The Labute approximate surface area is 146 Å². The van der Waals surface area contributed by atoms with E-state index in [1.165, 1.54) is 0 Å². The van der Waals surface area contributed by atoms with Gasteiger partial charge in [0, 0.05) is 35.7 Å². The summed E-state index contributed by atoms with van der Waals surface area (Å²) in [4.78, 5) is 13.3. The minimum absolute atomic E-state index is 0.0679. The summed E-state index contributed by atoms with van der Waals surface area (Å²) in [5.74, 6) is 0.0679. The van der Waals surface area contributed by atoms with Gasteiger partial charge in [-0.05, 0) is 29.7 Å². The molecule has 1 aliphatic heterocycles. The van der Waals surface area contributed by atoms with Crippen molar-refractivity contribution in [3.8, 4) is 11.3 Å². The van der Waals surface area contributed by atoms with Crippen molar-refractivity contribution in [1.82, 2.24) is 9.97 Å². The standard InChI is InChI=1S/C21H19N3O/c25-14-19(16-4-2-1-3-5-16)9-15-8-18(12-22-10-15)20-7-6-17-11-23-13-21(17)24-20/h1-8,10,12-13,19,25H,9,11,14H2/t19-/m0/s1. The van der Waals surface area contributed by atoms with Crippen molar-refractivity contribution < 1.29 is 5.11 Å². The first kappa shape index (κ1) is 15.7. The summed E-state index contributed by atoms with van der Waals surface area (Å²) < 4.78 is 0. The van der Waals surface area contributed by atoms with Crippen molar-refractivity contribution in [3.63, 3.8) is 0 Å². The Balaban J connectivity index is 1.60. The number of pyridine rings is 2. The fourth-order valence-corrected chi connectivity index (χ4v) is 3.18. The maximum atomic E-state index is 9.79. The van der Waals surface area contributed by atoms with Crippen LogP contribution in [-0.4, -0.2) is 27.9 Å². The Morgan fingerprint density at radius 3 is 2.76 bits per heavy atom. The summed E-state index contributed by atoms with van der Waals surface area (Å²) in [5, 5.41) is 9.79. The zero-order valence-corrected chi connectivity index (χ0v) is 13.8. The van der Waals surface area contributed by atoms with E-state index >= 15 is 0 Å². The molecule has 3 aromatic rings. The maximum Gasteiger partial charge on any atom is 0.0866 e. The Bertz CT molecular complexity index is 906. The van der Waals surface area contributed by atoms with E-state index in [4.69, 9.17) is 0 Å². The second-order valence-corrected chi connectivity index (χ2v) is 6.29. The molecule has 0 bridgehead atoms. The van der Waals surface area contributed by atoms with Gasteiger partial charge >= 0.3 is 0 Å². The molecule has 0 aliphatic carbocycles. The molecular formula is C21H19N3O. The van der Waals surface area contributed by atoms with E-state index in [-0.39, 0.29) is 12.5 Å². The van der Waals surface area contributed by atoms with Crippen LogP contribution < -0.4 is 0 Å². The van der Waals surface area contributed by atoms with E-state index in [0.29, 0.717) is 0 Å². The van der Waals surface area contributed by atoms with Crippen LogP contribution in [0.4, 0.5) is 0 Å². The van der Waals surface area contributed by atoms with Gasteiger partial charge in [0.25, 0.3) is 0 Å². The summed E-state index contributed by atoms with van der Waals surface area (Å²) in [6.07, 6.45) is 6.27. The summed E-state index contributed by atoms with van der Waals surface area (Å²) in [7, 11) is 0. The van der Waals surface area contributed by atoms with Crippen LogP contribution in [0, 0.1) is 0 Å². The van der Waals surface area contributed by atoms with Gasteiger partial charge in [-0.25, -0.2) is 4.98 Å². The van der Waals surface area contributed by atoms with Crippen LogP contribution in [0.15, 0.2) is 65.9 Å². The summed E-state index contributed by atoms with van der Waals surface area (Å²) >= 11 is 0. The van der Waals surface area contributed by atoms with Crippen molar-refractivity contribution >= 4 is 6.21 Å². The van der Waals surface area contributed by atoms with Gasteiger partial charge in [-0.15, -0.1) is 0 Å².